The third-order valence-electron chi connectivity index (χ3n) is 1.67. The minimum absolute atomic E-state index is 0.0251. The Balaban J connectivity index is 3.28. The van der Waals surface area contributed by atoms with E-state index in [0.717, 1.165) is 6.20 Å². The van der Waals surface area contributed by atoms with Crippen molar-refractivity contribution in [3.05, 3.63) is 23.3 Å². The van der Waals surface area contributed by atoms with E-state index in [1.807, 2.05) is 0 Å². The van der Waals surface area contributed by atoms with Crippen LogP contribution in [0, 0.1) is 5.82 Å². The summed E-state index contributed by atoms with van der Waals surface area (Å²) in [6.07, 6.45) is -1.84. The molecule has 0 saturated carbocycles. The first-order valence-electron chi connectivity index (χ1n) is 3.67. The molecule has 0 bridgehead atoms. The summed E-state index contributed by atoms with van der Waals surface area (Å²) in [6.45, 7) is 0. The average Bonchev–Trinajstić information content (AvgIpc) is 2.17. The van der Waals surface area contributed by atoms with Gasteiger partial charge in [0.1, 0.15) is 5.69 Å². The maximum Gasteiger partial charge on any atom is 0.280 e. The van der Waals surface area contributed by atoms with Gasteiger partial charge in [-0.15, -0.1) is 0 Å². The lowest BCUT2D eigenvalue weighted by Gasteiger charge is -2.09. The second kappa shape index (κ2) is 4.63. The fraction of sp³-hybridized carbons (Fsp3) is 0.375. The Labute approximate surface area is 87.2 Å². The number of nitrogens with zero attached hydrogens (tertiary/aromatic N) is 1. The summed E-state index contributed by atoms with van der Waals surface area (Å²) in [6, 6.07) is 0. The molecule has 2 nitrogen and oxygen atoms in total. The summed E-state index contributed by atoms with van der Waals surface area (Å²) in [7, 11) is 1.25. The van der Waals surface area contributed by atoms with Crippen LogP contribution in [0.3, 0.4) is 0 Å². The third kappa shape index (κ3) is 2.00. The van der Waals surface area contributed by atoms with Gasteiger partial charge in [-0.2, -0.15) is 0 Å². The highest BCUT2D eigenvalue weighted by atomic mass is 79.9. The molecule has 0 N–H and O–H groups in total. The van der Waals surface area contributed by atoms with Crippen LogP contribution in [0.5, 0.6) is 5.75 Å². The molecule has 78 valence electrons. The molecule has 0 aliphatic carbocycles. The molecular formula is C8H7BrF3NO. The van der Waals surface area contributed by atoms with E-state index in [-0.39, 0.29) is 16.6 Å². The standard InChI is InChI=1S/C8H7BrF3NO/c1-14-5-3-13-7(8(11)12)4(2-9)6(5)10/h3,8H,2H2,1H3. The molecule has 0 aromatic carbocycles. The van der Waals surface area contributed by atoms with Gasteiger partial charge in [-0.1, -0.05) is 15.9 Å². The van der Waals surface area contributed by atoms with Crippen molar-refractivity contribution in [3.63, 3.8) is 0 Å². The van der Waals surface area contributed by atoms with E-state index in [0.29, 0.717) is 0 Å². The highest BCUT2D eigenvalue weighted by Crippen LogP contribution is 2.29. The first kappa shape index (κ1) is 11.3. The zero-order chi connectivity index (χ0) is 10.7. The quantitative estimate of drug-likeness (QED) is 0.787. The minimum Gasteiger partial charge on any atom is -0.492 e. The lowest BCUT2D eigenvalue weighted by Crippen LogP contribution is -2.02. The van der Waals surface area contributed by atoms with Crippen LogP contribution in [-0.2, 0) is 5.33 Å². The van der Waals surface area contributed by atoms with E-state index in [4.69, 9.17) is 0 Å². The van der Waals surface area contributed by atoms with Crippen molar-refractivity contribution in [1.29, 1.82) is 0 Å². The molecule has 0 aliphatic heterocycles. The van der Waals surface area contributed by atoms with Gasteiger partial charge in [0.15, 0.2) is 11.6 Å². The molecule has 1 aromatic rings. The van der Waals surface area contributed by atoms with Crippen LogP contribution in [0.1, 0.15) is 17.7 Å². The first-order valence-corrected chi connectivity index (χ1v) is 4.79. The second-order valence-electron chi connectivity index (χ2n) is 2.44. The Hall–Kier alpha value is -0.780. The molecule has 0 spiro atoms. The molecule has 1 aromatic heterocycles. The predicted octanol–water partition coefficient (Wildman–Crippen LogP) is 3.06. The molecule has 0 amide bonds. The lowest BCUT2D eigenvalue weighted by molar-refractivity contribution is 0.144. The van der Waals surface area contributed by atoms with Crippen molar-refractivity contribution in [2.75, 3.05) is 7.11 Å². The molecule has 0 radical (unpaired) electrons. The predicted molar refractivity (Wildman–Crippen MR) is 48.3 cm³/mol. The van der Waals surface area contributed by atoms with Gasteiger partial charge >= 0.3 is 0 Å². The number of rotatable bonds is 3. The number of hydrogen-bond donors (Lipinski definition) is 0. The van der Waals surface area contributed by atoms with Crippen molar-refractivity contribution in [2.24, 2.45) is 0 Å². The van der Waals surface area contributed by atoms with Gasteiger partial charge in [-0.3, -0.25) is 4.98 Å². The van der Waals surface area contributed by atoms with Crippen molar-refractivity contribution in [2.45, 2.75) is 11.8 Å². The number of alkyl halides is 3. The summed E-state index contributed by atoms with van der Waals surface area (Å²) in [5.41, 5.74) is -0.723. The SMILES string of the molecule is COc1cnc(C(F)F)c(CBr)c1F. The number of aromatic nitrogens is 1. The molecule has 0 fully saturated rings. The number of hydrogen-bond acceptors (Lipinski definition) is 2. The number of pyridine rings is 1. The van der Waals surface area contributed by atoms with Crippen LogP contribution >= 0.6 is 15.9 Å². The minimum atomic E-state index is -2.79. The van der Waals surface area contributed by atoms with Gasteiger partial charge < -0.3 is 4.74 Å². The van der Waals surface area contributed by atoms with E-state index < -0.39 is 17.9 Å². The van der Waals surface area contributed by atoms with Gasteiger partial charge in [0.2, 0.25) is 0 Å². The Morgan fingerprint density at radius 1 is 1.57 bits per heavy atom. The Kier molecular flexibility index (Phi) is 3.74. The molecule has 0 saturated heterocycles. The number of ether oxygens (including phenoxy) is 1. The summed E-state index contributed by atoms with van der Waals surface area (Å²) >= 11 is 2.92. The Morgan fingerprint density at radius 2 is 2.21 bits per heavy atom. The lowest BCUT2D eigenvalue weighted by atomic mass is 10.2. The van der Waals surface area contributed by atoms with Crippen molar-refractivity contribution < 1.29 is 17.9 Å². The normalized spacial score (nSPS) is 10.7. The maximum atomic E-state index is 13.4. The van der Waals surface area contributed by atoms with Crippen LogP contribution in [0.15, 0.2) is 6.20 Å². The topological polar surface area (TPSA) is 22.1 Å². The van der Waals surface area contributed by atoms with E-state index >= 15 is 0 Å². The van der Waals surface area contributed by atoms with Gasteiger partial charge in [-0.05, 0) is 0 Å². The van der Waals surface area contributed by atoms with E-state index in [2.05, 4.69) is 25.7 Å². The molecule has 0 unspecified atom stereocenters. The van der Waals surface area contributed by atoms with E-state index in [1.165, 1.54) is 7.11 Å². The second-order valence-corrected chi connectivity index (χ2v) is 3.00. The zero-order valence-electron chi connectivity index (χ0n) is 7.23. The molecular weight excluding hydrogens is 263 g/mol. The van der Waals surface area contributed by atoms with Crippen LogP contribution in [0.25, 0.3) is 0 Å². The van der Waals surface area contributed by atoms with Crippen molar-refractivity contribution in [1.82, 2.24) is 4.98 Å². The monoisotopic (exact) mass is 269 g/mol. The van der Waals surface area contributed by atoms with Crippen LogP contribution < -0.4 is 4.74 Å². The molecule has 14 heavy (non-hydrogen) atoms. The summed E-state index contributed by atoms with van der Waals surface area (Å²) in [5.74, 6) is -0.932. The third-order valence-corrected chi connectivity index (χ3v) is 2.23. The molecule has 1 rings (SSSR count). The number of halogens is 4. The van der Waals surface area contributed by atoms with Crippen LogP contribution in [0.4, 0.5) is 13.2 Å². The van der Waals surface area contributed by atoms with E-state index in [9.17, 15) is 13.2 Å². The number of methoxy groups -OCH3 is 1. The molecule has 6 heteroatoms. The van der Waals surface area contributed by atoms with Crippen molar-refractivity contribution >= 4 is 15.9 Å². The highest BCUT2D eigenvalue weighted by molar-refractivity contribution is 9.08. The summed E-state index contributed by atoms with van der Waals surface area (Å²) in [5, 5.41) is -0.0251. The van der Waals surface area contributed by atoms with Gasteiger partial charge in [-0.25, -0.2) is 13.2 Å². The first-order chi connectivity index (χ1) is 6.61. The Bertz CT molecular complexity index is 333. The van der Waals surface area contributed by atoms with Crippen molar-refractivity contribution in [3.8, 4) is 5.75 Å². The smallest absolute Gasteiger partial charge is 0.280 e. The Morgan fingerprint density at radius 3 is 2.64 bits per heavy atom. The van der Waals surface area contributed by atoms with Crippen LogP contribution in [-0.4, -0.2) is 12.1 Å². The molecule has 1 heterocycles. The molecule has 0 atom stereocenters. The van der Waals surface area contributed by atoms with Crippen LogP contribution in [0.2, 0.25) is 0 Å². The van der Waals surface area contributed by atoms with Gasteiger partial charge in [0, 0.05) is 10.9 Å². The maximum absolute atomic E-state index is 13.4. The van der Waals surface area contributed by atoms with Gasteiger partial charge in [0.25, 0.3) is 6.43 Å². The van der Waals surface area contributed by atoms with Gasteiger partial charge in [0.05, 0.1) is 13.3 Å². The zero-order valence-corrected chi connectivity index (χ0v) is 8.82. The summed E-state index contributed by atoms with van der Waals surface area (Å²) in [4.78, 5) is 3.44. The summed E-state index contributed by atoms with van der Waals surface area (Å²) < 4.78 is 42.7. The fourth-order valence-electron chi connectivity index (χ4n) is 0.981. The average molecular weight is 270 g/mol. The molecule has 0 aliphatic rings. The largest absolute Gasteiger partial charge is 0.492 e. The van der Waals surface area contributed by atoms with E-state index in [1.54, 1.807) is 0 Å². The fourth-order valence-corrected chi connectivity index (χ4v) is 1.51. The highest BCUT2D eigenvalue weighted by Gasteiger charge is 2.20.